The lowest BCUT2D eigenvalue weighted by molar-refractivity contribution is -0.168. The molecular weight excluding hydrogens is 306 g/mol. The molecule has 0 unspecified atom stereocenters. The van der Waals surface area contributed by atoms with Gasteiger partial charge >= 0.3 is 0 Å². The van der Waals surface area contributed by atoms with Gasteiger partial charge < -0.3 is 15.0 Å². The SMILES string of the molecule is CC(C)C(=O)N1CC2(C1)OCC[C@H]2CCNC(=O)c1cccnc1. The minimum absolute atomic E-state index is 0.0287. The molecule has 6 nitrogen and oxygen atoms in total. The number of rotatable bonds is 5. The lowest BCUT2D eigenvalue weighted by Gasteiger charge is -2.50. The third kappa shape index (κ3) is 3.29. The van der Waals surface area contributed by atoms with Crippen molar-refractivity contribution in [2.24, 2.45) is 11.8 Å². The molecular formula is C18H25N3O3. The van der Waals surface area contributed by atoms with Crippen molar-refractivity contribution in [3.8, 4) is 0 Å². The summed E-state index contributed by atoms with van der Waals surface area (Å²) >= 11 is 0. The van der Waals surface area contributed by atoms with Crippen LogP contribution >= 0.6 is 0 Å². The first-order valence-corrected chi connectivity index (χ1v) is 8.63. The highest BCUT2D eigenvalue weighted by atomic mass is 16.5. The Morgan fingerprint density at radius 2 is 2.25 bits per heavy atom. The van der Waals surface area contributed by atoms with Gasteiger partial charge in [0.05, 0.1) is 18.7 Å². The maximum atomic E-state index is 12.0. The quantitative estimate of drug-likeness (QED) is 0.887. The Morgan fingerprint density at radius 1 is 1.46 bits per heavy atom. The number of likely N-dealkylation sites (tertiary alicyclic amines) is 1. The Labute approximate surface area is 142 Å². The molecule has 0 aliphatic carbocycles. The van der Waals surface area contributed by atoms with Crippen molar-refractivity contribution in [1.82, 2.24) is 15.2 Å². The first-order valence-electron chi connectivity index (χ1n) is 8.63. The van der Waals surface area contributed by atoms with Crippen molar-refractivity contribution in [1.29, 1.82) is 0 Å². The molecule has 130 valence electrons. The number of carbonyl (C=O) groups is 2. The Morgan fingerprint density at radius 3 is 2.92 bits per heavy atom. The van der Waals surface area contributed by atoms with Gasteiger partial charge in [0.2, 0.25) is 5.91 Å². The fourth-order valence-corrected chi connectivity index (χ4v) is 3.62. The van der Waals surface area contributed by atoms with Gasteiger partial charge in [0.15, 0.2) is 0 Å². The fraction of sp³-hybridized carbons (Fsp3) is 0.611. The molecule has 6 heteroatoms. The molecule has 3 rings (SSSR count). The third-order valence-corrected chi connectivity index (χ3v) is 5.02. The zero-order valence-corrected chi connectivity index (χ0v) is 14.3. The summed E-state index contributed by atoms with van der Waals surface area (Å²) in [5.41, 5.74) is 0.385. The van der Waals surface area contributed by atoms with Crippen molar-refractivity contribution in [2.75, 3.05) is 26.2 Å². The van der Waals surface area contributed by atoms with Gasteiger partial charge in [-0.1, -0.05) is 13.8 Å². The van der Waals surface area contributed by atoms with Crippen molar-refractivity contribution in [2.45, 2.75) is 32.3 Å². The van der Waals surface area contributed by atoms with Crippen LogP contribution in [0.1, 0.15) is 37.0 Å². The van der Waals surface area contributed by atoms with E-state index in [4.69, 9.17) is 4.74 Å². The molecule has 0 bridgehead atoms. The molecule has 2 aliphatic rings. The summed E-state index contributed by atoms with van der Waals surface area (Å²) < 4.78 is 5.97. The summed E-state index contributed by atoms with van der Waals surface area (Å²) in [6, 6.07) is 3.51. The molecule has 1 N–H and O–H groups in total. The van der Waals surface area contributed by atoms with E-state index >= 15 is 0 Å². The molecule has 1 spiro atoms. The molecule has 2 aliphatic heterocycles. The average molecular weight is 331 g/mol. The van der Waals surface area contributed by atoms with E-state index < -0.39 is 0 Å². The summed E-state index contributed by atoms with van der Waals surface area (Å²) in [5, 5.41) is 2.95. The first-order chi connectivity index (χ1) is 11.5. The normalized spacial score (nSPS) is 21.8. The summed E-state index contributed by atoms with van der Waals surface area (Å²) in [6.07, 6.45) is 5.08. The van der Waals surface area contributed by atoms with E-state index in [2.05, 4.69) is 10.3 Å². The second kappa shape index (κ2) is 6.89. The molecule has 24 heavy (non-hydrogen) atoms. The number of nitrogens with zero attached hydrogens (tertiary/aromatic N) is 2. The van der Waals surface area contributed by atoms with Gasteiger partial charge in [-0.3, -0.25) is 14.6 Å². The molecule has 1 atom stereocenters. The topological polar surface area (TPSA) is 71.5 Å². The van der Waals surface area contributed by atoms with Crippen molar-refractivity contribution < 1.29 is 14.3 Å². The zero-order valence-electron chi connectivity index (χ0n) is 14.3. The van der Waals surface area contributed by atoms with Crippen LogP contribution in [0.25, 0.3) is 0 Å². The van der Waals surface area contributed by atoms with Crippen LogP contribution in [0.4, 0.5) is 0 Å². The largest absolute Gasteiger partial charge is 0.371 e. The van der Waals surface area contributed by atoms with E-state index in [1.165, 1.54) is 0 Å². The van der Waals surface area contributed by atoms with Crippen molar-refractivity contribution in [3.63, 3.8) is 0 Å². The number of carbonyl (C=O) groups excluding carboxylic acids is 2. The predicted octanol–water partition coefficient (Wildman–Crippen LogP) is 1.47. The van der Waals surface area contributed by atoms with Crippen LogP contribution in [0, 0.1) is 11.8 Å². The molecule has 0 aromatic carbocycles. The van der Waals surface area contributed by atoms with Gasteiger partial charge in [0.1, 0.15) is 5.60 Å². The molecule has 3 heterocycles. The van der Waals surface area contributed by atoms with Crippen LogP contribution in [-0.2, 0) is 9.53 Å². The van der Waals surface area contributed by atoms with Gasteiger partial charge in [-0.2, -0.15) is 0 Å². The zero-order chi connectivity index (χ0) is 17.2. The van der Waals surface area contributed by atoms with E-state index in [0.29, 0.717) is 31.1 Å². The van der Waals surface area contributed by atoms with Gasteiger partial charge in [0.25, 0.3) is 5.91 Å². The molecule has 0 saturated carbocycles. The minimum Gasteiger partial charge on any atom is -0.371 e. The summed E-state index contributed by atoms with van der Waals surface area (Å²) in [5.74, 6) is 0.518. The Kier molecular flexibility index (Phi) is 4.85. The summed E-state index contributed by atoms with van der Waals surface area (Å²) in [6.45, 7) is 6.57. The van der Waals surface area contributed by atoms with Crippen LogP contribution in [0.15, 0.2) is 24.5 Å². The number of nitrogens with one attached hydrogen (secondary N) is 1. The molecule has 1 aromatic rings. The molecule has 0 radical (unpaired) electrons. The lowest BCUT2D eigenvalue weighted by atomic mass is 9.78. The number of aromatic nitrogens is 1. The second-order valence-corrected chi connectivity index (χ2v) is 7.03. The number of hydrogen-bond donors (Lipinski definition) is 1. The van der Waals surface area contributed by atoms with Gasteiger partial charge in [-0.05, 0) is 30.9 Å². The Balaban J connectivity index is 1.47. The van der Waals surface area contributed by atoms with Crippen LogP contribution in [0.2, 0.25) is 0 Å². The minimum atomic E-state index is -0.191. The number of ether oxygens (including phenoxy) is 1. The van der Waals surface area contributed by atoms with E-state index in [9.17, 15) is 9.59 Å². The highest BCUT2D eigenvalue weighted by molar-refractivity contribution is 5.93. The van der Waals surface area contributed by atoms with Gasteiger partial charge in [-0.15, -0.1) is 0 Å². The van der Waals surface area contributed by atoms with Crippen LogP contribution in [-0.4, -0.2) is 53.5 Å². The van der Waals surface area contributed by atoms with E-state index in [1.54, 1.807) is 24.5 Å². The standard InChI is InChI=1S/C18H25N3O3/c1-13(2)17(23)21-11-18(12-21)15(6-9-24-18)5-8-20-16(22)14-4-3-7-19-10-14/h3-4,7,10,13,15H,5-6,8-9,11-12H2,1-2H3,(H,20,22)/t15-/m1/s1. The number of amides is 2. The fourth-order valence-electron chi connectivity index (χ4n) is 3.62. The van der Waals surface area contributed by atoms with Crippen molar-refractivity contribution in [3.05, 3.63) is 30.1 Å². The second-order valence-electron chi connectivity index (χ2n) is 7.03. The van der Waals surface area contributed by atoms with Crippen LogP contribution in [0.3, 0.4) is 0 Å². The van der Waals surface area contributed by atoms with Crippen LogP contribution < -0.4 is 5.32 Å². The molecule has 1 aromatic heterocycles. The first kappa shape index (κ1) is 16.9. The van der Waals surface area contributed by atoms with E-state index in [-0.39, 0.29) is 23.3 Å². The van der Waals surface area contributed by atoms with Gasteiger partial charge in [-0.25, -0.2) is 0 Å². The third-order valence-electron chi connectivity index (χ3n) is 5.02. The summed E-state index contributed by atoms with van der Waals surface area (Å²) in [4.78, 5) is 29.9. The smallest absolute Gasteiger partial charge is 0.252 e. The number of pyridine rings is 1. The van der Waals surface area contributed by atoms with Crippen molar-refractivity contribution >= 4 is 11.8 Å². The number of hydrogen-bond acceptors (Lipinski definition) is 4. The predicted molar refractivity (Wildman–Crippen MR) is 89.4 cm³/mol. The highest BCUT2D eigenvalue weighted by Gasteiger charge is 2.54. The maximum absolute atomic E-state index is 12.0. The Hall–Kier alpha value is -1.95. The summed E-state index contributed by atoms with van der Waals surface area (Å²) in [7, 11) is 0. The monoisotopic (exact) mass is 331 g/mol. The van der Waals surface area contributed by atoms with Crippen LogP contribution in [0.5, 0.6) is 0 Å². The Bertz CT molecular complexity index is 597. The molecule has 2 saturated heterocycles. The highest BCUT2D eigenvalue weighted by Crippen LogP contribution is 2.41. The molecule has 2 amide bonds. The van der Waals surface area contributed by atoms with Gasteiger partial charge in [0, 0.05) is 31.5 Å². The van der Waals surface area contributed by atoms with E-state index in [1.807, 2.05) is 18.7 Å². The maximum Gasteiger partial charge on any atom is 0.252 e. The lowest BCUT2D eigenvalue weighted by Crippen LogP contribution is -2.66. The molecule has 2 fully saturated rings. The van der Waals surface area contributed by atoms with E-state index in [0.717, 1.165) is 19.4 Å². The average Bonchev–Trinajstić information content (AvgIpc) is 2.97.